The number of hydrogen-bond acceptors (Lipinski definition) is 3. The maximum Gasteiger partial charge on any atom is 0.191 e. The van der Waals surface area contributed by atoms with Gasteiger partial charge in [0.1, 0.15) is 5.82 Å². The SMILES string of the molecule is Cn1c(SCc2ccccc2)nnc1C1CCCCC1. The monoisotopic (exact) mass is 287 g/mol. The van der Waals surface area contributed by atoms with Gasteiger partial charge in [-0.05, 0) is 18.4 Å². The van der Waals surface area contributed by atoms with Gasteiger partial charge in [0.05, 0.1) is 0 Å². The van der Waals surface area contributed by atoms with Crippen LogP contribution >= 0.6 is 11.8 Å². The van der Waals surface area contributed by atoms with E-state index in [2.05, 4.69) is 52.1 Å². The van der Waals surface area contributed by atoms with Crippen molar-refractivity contribution in [3.05, 3.63) is 41.7 Å². The van der Waals surface area contributed by atoms with E-state index in [9.17, 15) is 0 Å². The molecule has 0 spiro atoms. The Kier molecular flexibility index (Phi) is 4.41. The first-order valence-electron chi connectivity index (χ1n) is 7.40. The molecule has 1 aliphatic rings. The second-order valence-electron chi connectivity index (χ2n) is 5.51. The molecule has 0 atom stereocenters. The topological polar surface area (TPSA) is 30.7 Å². The van der Waals surface area contributed by atoms with E-state index in [0.717, 1.165) is 10.9 Å². The van der Waals surface area contributed by atoms with Crippen molar-refractivity contribution < 1.29 is 0 Å². The summed E-state index contributed by atoms with van der Waals surface area (Å²) in [7, 11) is 2.11. The lowest BCUT2D eigenvalue weighted by molar-refractivity contribution is 0.418. The first-order valence-corrected chi connectivity index (χ1v) is 8.39. The van der Waals surface area contributed by atoms with Crippen molar-refractivity contribution in [3.8, 4) is 0 Å². The van der Waals surface area contributed by atoms with E-state index in [1.54, 1.807) is 11.8 Å². The summed E-state index contributed by atoms with van der Waals surface area (Å²) in [5, 5.41) is 9.86. The Bertz CT molecular complexity index is 544. The van der Waals surface area contributed by atoms with Gasteiger partial charge in [0.15, 0.2) is 5.16 Å². The van der Waals surface area contributed by atoms with E-state index in [1.165, 1.54) is 43.5 Å². The maximum absolute atomic E-state index is 4.44. The van der Waals surface area contributed by atoms with Crippen molar-refractivity contribution in [2.24, 2.45) is 7.05 Å². The Hall–Kier alpha value is -1.29. The second-order valence-corrected chi connectivity index (χ2v) is 6.45. The number of thioether (sulfide) groups is 1. The van der Waals surface area contributed by atoms with Crippen LogP contribution in [-0.4, -0.2) is 14.8 Å². The summed E-state index contributed by atoms with van der Waals surface area (Å²) in [6.45, 7) is 0. The molecule has 1 aromatic carbocycles. The van der Waals surface area contributed by atoms with Crippen LogP contribution in [0.25, 0.3) is 0 Å². The standard InChI is InChI=1S/C16H21N3S/c1-19-15(14-10-6-3-7-11-14)17-18-16(19)20-12-13-8-4-2-5-9-13/h2,4-5,8-9,14H,3,6-7,10-12H2,1H3. The van der Waals surface area contributed by atoms with Gasteiger partial charge in [0.25, 0.3) is 0 Å². The second kappa shape index (κ2) is 6.44. The third-order valence-electron chi connectivity index (χ3n) is 4.05. The number of nitrogens with zero attached hydrogens (tertiary/aromatic N) is 3. The molecule has 4 heteroatoms. The highest BCUT2D eigenvalue weighted by molar-refractivity contribution is 7.98. The van der Waals surface area contributed by atoms with Gasteiger partial charge in [-0.25, -0.2) is 0 Å². The molecule has 0 saturated heterocycles. The quantitative estimate of drug-likeness (QED) is 0.791. The summed E-state index contributed by atoms with van der Waals surface area (Å²) in [6, 6.07) is 10.5. The van der Waals surface area contributed by atoms with E-state index in [1.807, 2.05) is 0 Å². The Labute approximate surface area is 124 Å². The molecule has 3 nitrogen and oxygen atoms in total. The molecule has 1 heterocycles. The molecular weight excluding hydrogens is 266 g/mol. The van der Waals surface area contributed by atoms with Gasteiger partial charge < -0.3 is 4.57 Å². The van der Waals surface area contributed by atoms with Crippen molar-refractivity contribution in [2.75, 3.05) is 0 Å². The summed E-state index contributed by atoms with van der Waals surface area (Å²) in [4.78, 5) is 0. The fourth-order valence-electron chi connectivity index (χ4n) is 2.89. The molecular formula is C16H21N3S. The molecule has 3 rings (SSSR count). The van der Waals surface area contributed by atoms with E-state index in [0.29, 0.717) is 5.92 Å². The fourth-order valence-corrected chi connectivity index (χ4v) is 3.76. The van der Waals surface area contributed by atoms with Crippen molar-refractivity contribution in [1.82, 2.24) is 14.8 Å². The molecule has 1 aliphatic carbocycles. The summed E-state index contributed by atoms with van der Waals surface area (Å²) in [5.41, 5.74) is 1.33. The highest BCUT2D eigenvalue weighted by Crippen LogP contribution is 2.33. The van der Waals surface area contributed by atoms with Crippen LogP contribution in [-0.2, 0) is 12.8 Å². The average Bonchev–Trinajstić information content (AvgIpc) is 2.88. The first kappa shape index (κ1) is 13.7. The van der Waals surface area contributed by atoms with E-state index in [-0.39, 0.29) is 0 Å². The molecule has 1 fully saturated rings. The molecule has 0 N–H and O–H groups in total. The molecule has 0 amide bonds. The lowest BCUT2D eigenvalue weighted by Crippen LogP contribution is -2.10. The Balaban J connectivity index is 1.67. The first-order chi connectivity index (χ1) is 9.84. The highest BCUT2D eigenvalue weighted by Gasteiger charge is 2.21. The predicted octanol–water partition coefficient (Wildman–Crippen LogP) is 4.16. The summed E-state index contributed by atoms with van der Waals surface area (Å²) in [5.74, 6) is 2.75. The van der Waals surface area contributed by atoms with E-state index < -0.39 is 0 Å². The number of rotatable bonds is 4. The molecule has 1 aromatic heterocycles. The van der Waals surface area contributed by atoms with Gasteiger partial charge in [0, 0.05) is 18.7 Å². The maximum atomic E-state index is 4.44. The van der Waals surface area contributed by atoms with Crippen LogP contribution in [0.15, 0.2) is 35.5 Å². The Morgan fingerprint density at radius 1 is 1.10 bits per heavy atom. The molecule has 20 heavy (non-hydrogen) atoms. The molecule has 1 saturated carbocycles. The highest BCUT2D eigenvalue weighted by atomic mass is 32.2. The summed E-state index contributed by atoms with van der Waals surface area (Å²) in [6.07, 6.45) is 6.60. The molecule has 0 aliphatic heterocycles. The zero-order chi connectivity index (χ0) is 13.8. The third-order valence-corrected chi connectivity index (χ3v) is 5.14. The molecule has 0 bridgehead atoms. The van der Waals surface area contributed by atoms with E-state index in [4.69, 9.17) is 0 Å². The lowest BCUT2D eigenvalue weighted by Gasteiger charge is -2.20. The van der Waals surface area contributed by atoms with Gasteiger partial charge in [-0.1, -0.05) is 61.4 Å². The number of aromatic nitrogens is 3. The summed E-state index contributed by atoms with van der Waals surface area (Å²) < 4.78 is 2.20. The lowest BCUT2D eigenvalue weighted by atomic mass is 9.89. The Morgan fingerprint density at radius 2 is 1.85 bits per heavy atom. The molecule has 0 unspecified atom stereocenters. The number of benzene rings is 1. The minimum atomic E-state index is 0.618. The fraction of sp³-hybridized carbons (Fsp3) is 0.500. The van der Waals surface area contributed by atoms with Crippen LogP contribution in [0.1, 0.15) is 49.4 Å². The Morgan fingerprint density at radius 3 is 2.60 bits per heavy atom. The van der Waals surface area contributed by atoms with Gasteiger partial charge in [-0.3, -0.25) is 0 Å². The van der Waals surface area contributed by atoms with Crippen LogP contribution in [0.3, 0.4) is 0 Å². The number of hydrogen-bond donors (Lipinski definition) is 0. The van der Waals surface area contributed by atoms with Crippen LogP contribution < -0.4 is 0 Å². The minimum absolute atomic E-state index is 0.618. The van der Waals surface area contributed by atoms with Gasteiger partial charge >= 0.3 is 0 Å². The normalized spacial score (nSPS) is 16.4. The molecule has 2 aromatic rings. The zero-order valence-electron chi connectivity index (χ0n) is 12.0. The molecule has 0 radical (unpaired) electrons. The van der Waals surface area contributed by atoms with Crippen LogP contribution in [0, 0.1) is 0 Å². The average molecular weight is 287 g/mol. The van der Waals surface area contributed by atoms with Gasteiger partial charge in [0.2, 0.25) is 0 Å². The van der Waals surface area contributed by atoms with E-state index >= 15 is 0 Å². The van der Waals surface area contributed by atoms with Crippen molar-refractivity contribution in [2.45, 2.75) is 48.9 Å². The van der Waals surface area contributed by atoms with Gasteiger partial charge in [-0.15, -0.1) is 10.2 Å². The van der Waals surface area contributed by atoms with Crippen molar-refractivity contribution >= 4 is 11.8 Å². The van der Waals surface area contributed by atoms with Crippen LogP contribution in [0.4, 0.5) is 0 Å². The smallest absolute Gasteiger partial charge is 0.191 e. The van der Waals surface area contributed by atoms with Gasteiger partial charge in [-0.2, -0.15) is 0 Å². The van der Waals surface area contributed by atoms with Crippen LogP contribution in [0.5, 0.6) is 0 Å². The zero-order valence-corrected chi connectivity index (χ0v) is 12.8. The van der Waals surface area contributed by atoms with Crippen LogP contribution in [0.2, 0.25) is 0 Å². The van der Waals surface area contributed by atoms with Crippen molar-refractivity contribution in [3.63, 3.8) is 0 Å². The predicted molar refractivity (Wildman–Crippen MR) is 82.8 cm³/mol. The van der Waals surface area contributed by atoms with Crippen molar-refractivity contribution in [1.29, 1.82) is 0 Å². The third kappa shape index (κ3) is 3.06. The molecule has 106 valence electrons. The summed E-state index contributed by atoms with van der Waals surface area (Å²) >= 11 is 1.77. The minimum Gasteiger partial charge on any atom is -0.309 e. The largest absolute Gasteiger partial charge is 0.309 e.